The molecule has 0 fully saturated rings. The zero-order valence-electron chi connectivity index (χ0n) is 18.0. The molecule has 3 heterocycles. The average molecular weight is 423 g/mol. The zero-order valence-corrected chi connectivity index (χ0v) is 18.8. The molecular formula is C27H22N2OS. The summed E-state index contributed by atoms with van der Waals surface area (Å²) in [5.74, 6) is 0. The third-order valence-electron chi connectivity index (χ3n) is 6.10. The number of rotatable bonds is 1. The minimum atomic E-state index is 0.0148. The molecule has 0 saturated heterocycles. The van der Waals surface area contributed by atoms with Crippen LogP contribution in [0.4, 0.5) is 0 Å². The molecule has 4 heteroatoms. The molecule has 0 N–H and O–H groups in total. The maximum absolute atomic E-state index is 6.19. The number of fused-ring (bicyclic) bond motifs is 5. The Kier molecular flexibility index (Phi) is 3.81. The van der Waals surface area contributed by atoms with Crippen LogP contribution in [0, 0.1) is 6.92 Å². The predicted octanol–water partition coefficient (Wildman–Crippen LogP) is 8.02. The van der Waals surface area contributed by atoms with E-state index in [-0.39, 0.29) is 5.41 Å². The van der Waals surface area contributed by atoms with E-state index in [9.17, 15) is 0 Å². The molecule has 0 radical (unpaired) electrons. The first-order chi connectivity index (χ1) is 14.9. The molecule has 3 aromatic carbocycles. The van der Waals surface area contributed by atoms with E-state index in [1.165, 1.54) is 32.0 Å². The van der Waals surface area contributed by atoms with Gasteiger partial charge in [0.1, 0.15) is 11.9 Å². The maximum atomic E-state index is 6.19. The number of hydrogen-bond acceptors (Lipinski definition) is 4. The summed E-state index contributed by atoms with van der Waals surface area (Å²) in [6, 6.07) is 17.5. The zero-order chi connectivity index (χ0) is 21.3. The number of furan rings is 1. The fourth-order valence-corrected chi connectivity index (χ4v) is 5.50. The number of hydrogen-bond donors (Lipinski definition) is 0. The summed E-state index contributed by atoms with van der Waals surface area (Å²) < 4.78 is 7.45. The molecule has 152 valence electrons. The molecule has 0 spiro atoms. The smallest absolute Gasteiger partial charge is 0.230 e. The highest BCUT2D eigenvalue weighted by molar-refractivity contribution is 7.17. The first-order valence-electron chi connectivity index (χ1n) is 10.5. The van der Waals surface area contributed by atoms with Crippen molar-refractivity contribution in [3.8, 4) is 11.3 Å². The molecule has 0 aliphatic carbocycles. The molecule has 0 aliphatic rings. The molecule has 31 heavy (non-hydrogen) atoms. The highest BCUT2D eigenvalue weighted by Gasteiger charge is 2.21. The molecule has 6 rings (SSSR count). The summed E-state index contributed by atoms with van der Waals surface area (Å²) in [5, 5.41) is 8.01. The van der Waals surface area contributed by atoms with Crippen molar-refractivity contribution in [1.29, 1.82) is 0 Å². The Labute approximate surface area is 184 Å². The number of aromatic nitrogens is 2. The second-order valence-corrected chi connectivity index (χ2v) is 10.2. The van der Waals surface area contributed by atoms with Crippen molar-refractivity contribution in [2.24, 2.45) is 0 Å². The van der Waals surface area contributed by atoms with Crippen molar-refractivity contribution in [3.63, 3.8) is 0 Å². The third kappa shape index (κ3) is 2.78. The van der Waals surface area contributed by atoms with Crippen LogP contribution in [-0.2, 0) is 5.41 Å². The standard InChI is InChI=1S/C27H22N2OS/c1-15-13-31-23-12-20-22(11-19(15)23)30-26-24(20)25(28-14-29-26)17-9-16-7-5-6-8-18(16)21(10-17)27(2,3)4/h5-14H,1-4H3. The maximum Gasteiger partial charge on any atom is 0.230 e. The van der Waals surface area contributed by atoms with Crippen molar-refractivity contribution in [2.75, 3.05) is 0 Å². The van der Waals surface area contributed by atoms with Gasteiger partial charge in [-0.1, -0.05) is 45.0 Å². The van der Waals surface area contributed by atoms with Crippen LogP contribution in [-0.4, -0.2) is 9.97 Å². The van der Waals surface area contributed by atoms with E-state index in [0.717, 1.165) is 27.6 Å². The van der Waals surface area contributed by atoms with Crippen molar-refractivity contribution in [3.05, 3.63) is 71.4 Å². The van der Waals surface area contributed by atoms with E-state index in [2.05, 4.69) is 86.6 Å². The molecule has 0 saturated carbocycles. The molecular weight excluding hydrogens is 400 g/mol. The number of nitrogens with zero attached hydrogens (tertiary/aromatic N) is 2. The molecule has 0 unspecified atom stereocenters. The van der Waals surface area contributed by atoms with Crippen LogP contribution in [0.2, 0.25) is 0 Å². The summed E-state index contributed by atoms with van der Waals surface area (Å²) in [4.78, 5) is 9.21. The molecule has 3 nitrogen and oxygen atoms in total. The largest absolute Gasteiger partial charge is 0.438 e. The van der Waals surface area contributed by atoms with Gasteiger partial charge in [0, 0.05) is 15.6 Å². The molecule has 6 aromatic rings. The lowest BCUT2D eigenvalue weighted by atomic mass is 9.82. The Hall–Kier alpha value is -3.24. The summed E-state index contributed by atoms with van der Waals surface area (Å²) in [5.41, 5.74) is 6.13. The quantitative estimate of drug-likeness (QED) is 0.269. The van der Waals surface area contributed by atoms with Gasteiger partial charge in [0.25, 0.3) is 0 Å². The van der Waals surface area contributed by atoms with Gasteiger partial charge in [-0.3, -0.25) is 0 Å². The fourth-order valence-electron chi connectivity index (χ4n) is 4.54. The highest BCUT2D eigenvalue weighted by Crippen LogP contribution is 2.40. The average Bonchev–Trinajstić information content (AvgIpc) is 3.30. The SMILES string of the molecule is Cc1csc2cc3c(cc12)oc1ncnc(-c2cc(C(C)(C)C)c4ccccc4c2)c13. The summed E-state index contributed by atoms with van der Waals surface area (Å²) in [6.45, 7) is 8.92. The second kappa shape index (κ2) is 6.38. The van der Waals surface area contributed by atoms with Gasteiger partial charge in [-0.25, -0.2) is 9.97 Å². The van der Waals surface area contributed by atoms with Crippen LogP contribution in [0.15, 0.2) is 64.7 Å². The Morgan fingerprint density at radius 1 is 0.903 bits per heavy atom. The van der Waals surface area contributed by atoms with Crippen molar-refractivity contribution < 1.29 is 4.42 Å². The van der Waals surface area contributed by atoms with Gasteiger partial charge in [-0.15, -0.1) is 11.3 Å². The number of benzene rings is 3. The number of thiophene rings is 1. The van der Waals surface area contributed by atoms with E-state index in [1.54, 1.807) is 17.7 Å². The molecule has 3 aromatic heterocycles. The van der Waals surface area contributed by atoms with Crippen LogP contribution in [0.5, 0.6) is 0 Å². The Morgan fingerprint density at radius 3 is 2.58 bits per heavy atom. The summed E-state index contributed by atoms with van der Waals surface area (Å²) >= 11 is 1.77. The molecule has 0 bridgehead atoms. The molecule has 0 atom stereocenters. The molecule has 0 amide bonds. The van der Waals surface area contributed by atoms with E-state index < -0.39 is 0 Å². The number of aryl methyl sites for hydroxylation is 1. The lowest BCUT2D eigenvalue weighted by molar-refractivity contribution is 0.596. The topological polar surface area (TPSA) is 38.9 Å². The Bertz CT molecular complexity index is 1630. The summed E-state index contributed by atoms with van der Waals surface area (Å²) in [6.07, 6.45) is 1.61. The Balaban J connectivity index is 1.72. The third-order valence-corrected chi connectivity index (χ3v) is 7.16. The van der Waals surface area contributed by atoms with E-state index in [4.69, 9.17) is 9.40 Å². The monoisotopic (exact) mass is 422 g/mol. The minimum Gasteiger partial charge on any atom is -0.438 e. The van der Waals surface area contributed by atoms with Crippen LogP contribution < -0.4 is 0 Å². The first kappa shape index (κ1) is 18.5. The van der Waals surface area contributed by atoms with Gasteiger partial charge in [-0.2, -0.15) is 0 Å². The second-order valence-electron chi connectivity index (χ2n) is 9.26. The van der Waals surface area contributed by atoms with Gasteiger partial charge in [-0.05, 0) is 69.3 Å². The van der Waals surface area contributed by atoms with Gasteiger partial charge in [0.15, 0.2) is 0 Å². The minimum absolute atomic E-state index is 0.0148. The van der Waals surface area contributed by atoms with Crippen LogP contribution >= 0.6 is 11.3 Å². The van der Waals surface area contributed by atoms with Crippen LogP contribution in [0.1, 0.15) is 31.9 Å². The lowest BCUT2D eigenvalue weighted by Crippen LogP contribution is -2.12. The van der Waals surface area contributed by atoms with Crippen molar-refractivity contribution >= 4 is 54.3 Å². The van der Waals surface area contributed by atoms with Crippen molar-refractivity contribution in [2.45, 2.75) is 33.1 Å². The van der Waals surface area contributed by atoms with Crippen molar-refractivity contribution in [1.82, 2.24) is 9.97 Å². The van der Waals surface area contributed by atoms with Gasteiger partial charge in [0.05, 0.1) is 11.1 Å². The molecule has 0 aliphatic heterocycles. The van der Waals surface area contributed by atoms with E-state index in [0.29, 0.717) is 5.71 Å². The van der Waals surface area contributed by atoms with E-state index >= 15 is 0 Å². The first-order valence-corrected chi connectivity index (χ1v) is 11.4. The van der Waals surface area contributed by atoms with Crippen LogP contribution in [0.25, 0.3) is 54.2 Å². The highest BCUT2D eigenvalue weighted by atomic mass is 32.1. The normalized spacial score (nSPS) is 12.5. The lowest BCUT2D eigenvalue weighted by Gasteiger charge is -2.22. The van der Waals surface area contributed by atoms with Gasteiger partial charge < -0.3 is 4.42 Å². The van der Waals surface area contributed by atoms with E-state index in [1.807, 2.05) is 0 Å². The van der Waals surface area contributed by atoms with Gasteiger partial charge >= 0.3 is 0 Å². The predicted molar refractivity (Wildman–Crippen MR) is 131 cm³/mol. The van der Waals surface area contributed by atoms with Crippen LogP contribution in [0.3, 0.4) is 0 Å². The Morgan fingerprint density at radius 2 is 1.74 bits per heavy atom. The van der Waals surface area contributed by atoms with Gasteiger partial charge in [0.2, 0.25) is 5.71 Å². The fraction of sp³-hybridized carbons (Fsp3) is 0.185. The summed E-state index contributed by atoms with van der Waals surface area (Å²) in [7, 11) is 0.